The van der Waals surface area contributed by atoms with Crippen molar-refractivity contribution in [1.82, 2.24) is 4.98 Å². The first-order chi connectivity index (χ1) is 9.10. The Bertz CT molecular complexity index is 701. The maximum Gasteiger partial charge on any atom is 0.326 e. The molecule has 2 heterocycles. The van der Waals surface area contributed by atoms with Gasteiger partial charge in [0, 0.05) is 13.2 Å². The molecule has 6 heteroatoms. The van der Waals surface area contributed by atoms with Gasteiger partial charge in [-0.1, -0.05) is 18.2 Å². The van der Waals surface area contributed by atoms with E-state index >= 15 is 0 Å². The number of anilines is 2. The van der Waals surface area contributed by atoms with Crippen LogP contribution in [0.25, 0.3) is 0 Å². The summed E-state index contributed by atoms with van der Waals surface area (Å²) in [5, 5.41) is 0. The summed E-state index contributed by atoms with van der Waals surface area (Å²) in [6.07, 6.45) is 1.66. The van der Waals surface area contributed by atoms with Gasteiger partial charge in [0.05, 0.1) is 23.6 Å². The average molecular weight is 275 g/mol. The van der Waals surface area contributed by atoms with Gasteiger partial charge in [0.2, 0.25) is 0 Å². The third-order valence-electron chi connectivity index (χ3n) is 3.15. The van der Waals surface area contributed by atoms with Crippen LogP contribution in [0.3, 0.4) is 0 Å². The Morgan fingerprint density at radius 1 is 1.05 bits per heavy atom. The molecule has 3 rings (SSSR count). The fourth-order valence-corrected chi connectivity index (χ4v) is 3.54. The zero-order valence-electron chi connectivity index (χ0n) is 10.4. The lowest BCUT2D eigenvalue weighted by molar-refractivity contribution is 0.591. The SMILES string of the molecule is CN1c2ccccc2N(Cc2ccccn2)S1(=O)=O. The van der Waals surface area contributed by atoms with E-state index in [1.807, 2.05) is 30.3 Å². The van der Waals surface area contributed by atoms with E-state index in [4.69, 9.17) is 0 Å². The van der Waals surface area contributed by atoms with E-state index in [2.05, 4.69) is 4.98 Å². The summed E-state index contributed by atoms with van der Waals surface area (Å²) in [4.78, 5) is 4.18. The van der Waals surface area contributed by atoms with Gasteiger partial charge in [-0.25, -0.2) is 4.31 Å². The molecule has 19 heavy (non-hydrogen) atoms. The van der Waals surface area contributed by atoms with Crippen molar-refractivity contribution in [2.45, 2.75) is 6.54 Å². The van der Waals surface area contributed by atoms with E-state index in [0.29, 0.717) is 11.4 Å². The van der Waals surface area contributed by atoms with Crippen LogP contribution >= 0.6 is 0 Å². The standard InChI is InChI=1S/C13H13N3O2S/c1-15-12-7-2-3-8-13(12)16(19(15,17)18)10-11-6-4-5-9-14-11/h2-9H,10H2,1H3. The lowest BCUT2D eigenvalue weighted by Gasteiger charge is -2.18. The maximum absolute atomic E-state index is 12.4. The molecular weight excluding hydrogens is 262 g/mol. The molecule has 0 aliphatic carbocycles. The Labute approximate surface area is 112 Å². The number of hydrogen-bond donors (Lipinski definition) is 0. The second kappa shape index (κ2) is 4.24. The minimum atomic E-state index is -3.50. The first-order valence-corrected chi connectivity index (χ1v) is 7.26. The number of para-hydroxylation sites is 2. The van der Waals surface area contributed by atoms with E-state index < -0.39 is 10.2 Å². The summed E-state index contributed by atoms with van der Waals surface area (Å²) in [7, 11) is -1.93. The fourth-order valence-electron chi connectivity index (χ4n) is 2.14. The lowest BCUT2D eigenvalue weighted by atomic mass is 10.2. The Morgan fingerprint density at radius 3 is 2.42 bits per heavy atom. The van der Waals surface area contributed by atoms with Gasteiger partial charge in [-0.05, 0) is 24.3 Å². The quantitative estimate of drug-likeness (QED) is 0.839. The highest BCUT2D eigenvalue weighted by molar-refractivity contribution is 7.94. The normalized spacial score (nSPS) is 16.5. The molecule has 0 amide bonds. The van der Waals surface area contributed by atoms with Crippen molar-refractivity contribution in [2.75, 3.05) is 15.7 Å². The van der Waals surface area contributed by atoms with Gasteiger partial charge in [0.15, 0.2) is 0 Å². The largest absolute Gasteiger partial charge is 0.326 e. The number of hydrogen-bond acceptors (Lipinski definition) is 3. The predicted octanol–water partition coefficient (Wildman–Crippen LogP) is 1.78. The molecule has 2 aromatic rings. The second-order valence-corrected chi connectivity index (χ2v) is 6.18. The molecule has 1 aromatic carbocycles. The lowest BCUT2D eigenvalue weighted by Crippen LogP contribution is -2.35. The summed E-state index contributed by atoms with van der Waals surface area (Å²) in [5.74, 6) is 0. The van der Waals surface area contributed by atoms with Crippen molar-refractivity contribution in [1.29, 1.82) is 0 Å². The van der Waals surface area contributed by atoms with Crippen LogP contribution in [0, 0.1) is 0 Å². The van der Waals surface area contributed by atoms with Crippen LogP contribution < -0.4 is 8.61 Å². The molecule has 1 aromatic heterocycles. The monoisotopic (exact) mass is 275 g/mol. The van der Waals surface area contributed by atoms with E-state index in [1.165, 1.54) is 8.61 Å². The fraction of sp³-hybridized carbons (Fsp3) is 0.154. The number of rotatable bonds is 2. The third kappa shape index (κ3) is 1.84. The first kappa shape index (κ1) is 12.0. The molecule has 0 spiro atoms. The molecule has 0 atom stereocenters. The molecule has 0 bridgehead atoms. The Balaban J connectivity index is 2.06. The summed E-state index contributed by atoms with van der Waals surface area (Å²) in [6.45, 7) is 0.241. The van der Waals surface area contributed by atoms with Crippen LogP contribution in [0.1, 0.15) is 5.69 Å². The van der Waals surface area contributed by atoms with Gasteiger partial charge < -0.3 is 0 Å². The van der Waals surface area contributed by atoms with E-state index in [0.717, 1.165) is 5.69 Å². The van der Waals surface area contributed by atoms with Crippen molar-refractivity contribution in [3.63, 3.8) is 0 Å². The molecule has 0 fully saturated rings. The Morgan fingerprint density at radius 2 is 1.74 bits per heavy atom. The number of pyridine rings is 1. The van der Waals surface area contributed by atoms with Crippen molar-refractivity contribution in [3.05, 3.63) is 54.4 Å². The zero-order chi connectivity index (χ0) is 13.5. The van der Waals surface area contributed by atoms with E-state index in [9.17, 15) is 8.42 Å². The smallest absolute Gasteiger partial charge is 0.259 e. The van der Waals surface area contributed by atoms with Gasteiger partial charge in [-0.2, -0.15) is 8.42 Å². The van der Waals surface area contributed by atoms with Crippen LogP contribution in [-0.2, 0) is 16.8 Å². The summed E-state index contributed by atoms with van der Waals surface area (Å²) in [6, 6.07) is 12.7. The predicted molar refractivity (Wildman–Crippen MR) is 74.2 cm³/mol. The number of fused-ring (bicyclic) bond motifs is 1. The van der Waals surface area contributed by atoms with Crippen molar-refractivity contribution in [2.24, 2.45) is 0 Å². The second-order valence-electron chi connectivity index (χ2n) is 4.29. The molecule has 5 nitrogen and oxygen atoms in total. The maximum atomic E-state index is 12.4. The van der Waals surface area contributed by atoms with Crippen molar-refractivity contribution < 1.29 is 8.42 Å². The van der Waals surface area contributed by atoms with Gasteiger partial charge in [-0.3, -0.25) is 9.29 Å². The molecular formula is C13H13N3O2S. The third-order valence-corrected chi connectivity index (χ3v) is 4.92. The number of nitrogens with zero attached hydrogens (tertiary/aromatic N) is 3. The van der Waals surface area contributed by atoms with Crippen LogP contribution in [0.15, 0.2) is 48.7 Å². The minimum absolute atomic E-state index is 0.241. The molecule has 0 saturated carbocycles. The molecule has 0 N–H and O–H groups in total. The molecule has 0 unspecified atom stereocenters. The van der Waals surface area contributed by atoms with Gasteiger partial charge >= 0.3 is 10.2 Å². The summed E-state index contributed by atoms with van der Waals surface area (Å²) >= 11 is 0. The van der Waals surface area contributed by atoms with Crippen LogP contribution in [0.5, 0.6) is 0 Å². The average Bonchev–Trinajstić information content (AvgIpc) is 2.62. The van der Waals surface area contributed by atoms with Crippen LogP contribution in [0.2, 0.25) is 0 Å². The highest BCUT2D eigenvalue weighted by Crippen LogP contribution is 2.40. The molecule has 0 saturated heterocycles. The molecule has 1 aliphatic rings. The number of benzene rings is 1. The topological polar surface area (TPSA) is 53.5 Å². The summed E-state index contributed by atoms with van der Waals surface area (Å²) < 4.78 is 27.4. The van der Waals surface area contributed by atoms with Crippen molar-refractivity contribution >= 4 is 21.6 Å². The zero-order valence-corrected chi connectivity index (χ0v) is 11.2. The molecule has 0 radical (unpaired) electrons. The van der Waals surface area contributed by atoms with Crippen LogP contribution in [-0.4, -0.2) is 20.4 Å². The summed E-state index contributed by atoms with van der Waals surface area (Å²) in [5.41, 5.74) is 2.10. The van der Waals surface area contributed by atoms with Crippen LogP contribution in [0.4, 0.5) is 11.4 Å². The number of aromatic nitrogens is 1. The highest BCUT2D eigenvalue weighted by atomic mass is 32.2. The first-order valence-electron chi connectivity index (χ1n) is 5.86. The molecule has 1 aliphatic heterocycles. The highest BCUT2D eigenvalue weighted by Gasteiger charge is 2.37. The molecule has 98 valence electrons. The van der Waals surface area contributed by atoms with Gasteiger partial charge in [0.1, 0.15) is 0 Å². The van der Waals surface area contributed by atoms with Gasteiger partial charge in [-0.15, -0.1) is 0 Å². The Hall–Kier alpha value is -2.08. The minimum Gasteiger partial charge on any atom is -0.259 e. The van der Waals surface area contributed by atoms with E-state index in [-0.39, 0.29) is 6.54 Å². The Kier molecular flexibility index (Phi) is 2.67. The van der Waals surface area contributed by atoms with E-state index in [1.54, 1.807) is 25.4 Å². The van der Waals surface area contributed by atoms with Crippen molar-refractivity contribution in [3.8, 4) is 0 Å². The van der Waals surface area contributed by atoms with Gasteiger partial charge in [0.25, 0.3) is 0 Å².